The highest BCUT2D eigenvalue weighted by Gasteiger charge is 2.27. The van der Waals surface area contributed by atoms with Gasteiger partial charge in [0.2, 0.25) is 0 Å². The van der Waals surface area contributed by atoms with Gasteiger partial charge in [-0.15, -0.1) is 0 Å². The number of aryl methyl sites for hydroxylation is 1. The Hall–Kier alpha value is -1.39. The molecular weight excluding hydrogens is 230 g/mol. The van der Waals surface area contributed by atoms with Crippen LogP contribution in [0, 0.1) is 6.92 Å². The fourth-order valence-electron chi connectivity index (χ4n) is 2.32. The second-order valence-corrected chi connectivity index (χ2v) is 4.70. The van der Waals surface area contributed by atoms with Crippen LogP contribution in [0.4, 0.5) is 0 Å². The van der Waals surface area contributed by atoms with Gasteiger partial charge >= 0.3 is 5.97 Å². The molecule has 0 saturated carbocycles. The number of rotatable bonds is 4. The molecule has 1 aliphatic heterocycles. The lowest BCUT2D eigenvalue weighted by Gasteiger charge is -2.32. The fourth-order valence-corrected chi connectivity index (χ4v) is 2.32. The highest BCUT2D eigenvalue weighted by atomic mass is 16.5. The number of carboxylic acids is 1. The van der Waals surface area contributed by atoms with Gasteiger partial charge in [0, 0.05) is 13.1 Å². The second-order valence-electron chi connectivity index (χ2n) is 4.70. The van der Waals surface area contributed by atoms with Crippen LogP contribution in [0.5, 0.6) is 0 Å². The first-order valence-electron chi connectivity index (χ1n) is 6.27. The molecule has 4 heteroatoms. The zero-order valence-electron chi connectivity index (χ0n) is 10.6. The van der Waals surface area contributed by atoms with Gasteiger partial charge in [0.1, 0.15) is 6.04 Å². The van der Waals surface area contributed by atoms with Crippen LogP contribution in [0.2, 0.25) is 0 Å². The molecule has 0 aliphatic carbocycles. The molecule has 1 atom stereocenters. The molecule has 1 heterocycles. The van der Waals surface area contributed by atoms with Crippen LogP contribution in [-0.2, 0) is 16.0 Å². The predicted molar refractivity (Wildman–Crippen MR) is 68.7 cm³/mol. The van der Waals surface area contributed by atoms with Crippen LogP contribution in [0.25, 0.3) is 0 Å². The molecule has 0 amide bonds. The third-order valence-electron chi connectivity index (χ3n) is 3.28. The van der Waals surface area contributed by atoms with E-state index in [0.717, 1.165) is 5.56 Å². The van der Waals surface area contributed by atoms with Crippen molar-refractivity contribution in [1.29, 1.82) is 0 Å². The van der Waals surface area contributed by atoms with Crippen LogP contribution < -0.4 is 0 Å². The smallest absolute Gasteiger partial charge is 0.321 e. The van der Waals surface area contributed by atoms with Gasteiger partial charge in [-0.3, -0.25) is 9.69 Å². The normalized spacial score (nSPS) is 18.5. The van der Waals surface area contributed by atoms with Crippen LogP contribution >= 0.6 is 0 Å². The van der Waals surface area contributed by atoms with Gasteiger partial charge in [0.25, 0.3) is 0 Å². The monoisotopic (exact) mass is 249 g/mol. The van der Waals surface area contributed by atoms with Gasteiger partial charge in [-0.1, -0.05) is 29.8 Å². The summed E-state index contributed by atoms with van der Waals surface area (Å²) in [6.45, 7) is 4.66. The van der Waals surface area contributed by atoms with Gasteiger partial charge in [0.05, 0.1) is 13.2 Å². The highest BCUT2D eigenvalue weighted by Crippen LogP contribution is 2.13. The third-order valence-corrected chi connectivity index (χ3v) is 3.28. The fraction of sp³-hybridized carbons (Fsp3) is 0.500. The van der Waals surface area contributed by atoms with E-state index in [-0.39, 0.29) is 0 Å². The Morgan fingerprint density at radius 1 is 1.44 bits per heavy atom. The van der Waals surface area contributed by atoms with Crippen LogP contribution in [0.15, 0.2) is 24.3 Å². The van der Waals surface area contributed by atoms with Crippen molar-refractivity contribution in [2.45, 2.75) is 19.4 Å². The summed E-state index contributed by atoms with van der Waals surface area (Å²) in [5.74, 6) is -0.751. The van der Waals surface area contributed by atoms with Gasteiger partial charge in [-0.25, -0.2) is 0 Å². The van der Waals surface area contributed by atoms with Crippen molar-refractivity contribution in [3.8, 4) is 0 Å². The molecule has 0 spiro atoms. The molecule has 1 aromatic rings. The summed E-state index contributed by atoms with van der Waals surface area (Å²) in [4.78, 5) is 13.4. The van der Waals surface area contributed by atoms with E-state index in [1.807, 2.05) is 30.0 Å². The van der Waals surface area contributed by atoms with Crippen LogP contribution in [-0.4, -0.2) is 48.3 Å². The van der Waals surface area contributed by atoms with Crippen molar-refractivity contribution in [1.82, 2.24) is 4.90 Å². The summed E-state index contributed by atoms with van der Waals surface area (Å²) in [5.41, 5.74) is 2.24. The molecule has 0 bridgehead atoms. The summed E-state index contributed by atoms with van der Waals surface area (Å²) in [7, 11) is 0. The standard InChI is InChI=1S/C14H19NO3/c1-11-3-2-4-12(9-11)10-13(14(16)17)15-5-7-18-8-6-15/h2-4,9,13H,5-8,10H2,1H3,(H,16,17)/t13-/m1/s1. The Morgan fingerprint density at radius 3 is 2.78 bits per heavy atom. The zero-order chi connectivity index (χ0) is 13.0. The molecule has 18 heavy (non-hydrogen) atoms. The van der Waals surface area contributed by atoms with Crippen LogP contribution in [0.1, 0.15) is 11.1 Å². The first kappa shape index (κ1) is 13.1. The maximum Gasteiger partial charge on any atom is 0.321 e. The van der Waals surface area contributed by atoms with Gasteiger partial charge in [-0.2, -0.15) is 0 Å². The average molecular weight is 249 g/mol. The first-order chi connectivity index (χ1) is 8.66. The minimum atomic E-state index is -0.751. The lowest BCUT2D eigenvalue weighted by Crippen LogP contribution is -2.48. The maximum absolute atomic E-state index is 11.4. The Morgan fingerprint density at radius 2 is 2.17 bits per heavy atom. The topological polar surface area (TPSA) is 49.8 Å². The Bertz CT molecular complexity index is 413. The van der Waals surface area contributed by atoms with E-state index in [9.17, 15) is 9.90 Å². The average Bonchev–Trinajstić information content (AvgIpc) is 2.37. The van der Waals surface area contributed by atoms with Crippen molar-refractivity contribution in [2.75, 3.05) is 26.3 Å². The van der Waals surface area contributed by atoms with E-state index >= 15 is 0 Å². The first-order valence-corrected chi connectivity index (χ1v) is 6.27. The molecule has 1 N–H and O–H groups in total. The number of carboxylic acid groups (broad SMARTS) is 1. The lowest BCUT2D eigenvalue weighted by molar-refractivity contribution is -0.145. The number of nitrogens with zero attached hydrogens (tertiary/aromatic N) is 1. The number of morpholine rings is 1. The number of hydrogen-bond donors (Lipinski definition) is 1. The van der Waals surface area contributed by atoms with Crippen molar-refractivity contribution in [3.63, 3.8) is 0 Å². The van der Waals surface area contributed by atoms with Gasteiger partial charge in [-0.05, 0) is 18.9 Å². The summed E-state index contributed by atoms with van der Waals surface area (Å²) < 4.78 is 5.26. The van der Waals surface area contributed by atoms with Gasteiger partial charge < -0.3 is 9.84 Å². The lowest BCUT2D eigenvalue weighted by atomic mass is 10.0. The molecule has 0 radical (unpaired) electrons. The van der Waals surface area contributed by atoms with E-state index in [1.165, 1.54) is 5.56 Å². The molecule has 0 aromatic heterocycles. The molecule has 98 valence electrons. The summed E-state index contributed by atoms with van der Waals surface area (Å²) in [5, 5.41) is 9.37. The SMILES string of the molecule is Cc1cccc(C[C@H](C(=O)O)N2CCOCC2)c1. The Kier molecular flexibility index (Phi) is 4.33. The maximum atomic E-state index is 11.4. The molecule has 1 aromatic carbocycles. The third kappa shape index (κ3) is 3.31. The zero-order valence-corrected chi connectivity index (χ0v) is 10.6. The second kappa shape index (κ2) is 5.98. The number of ether oxygens (including phenoxy) is 1. The van der Waals surface area contributed by atoms with Crippen LogP contribution in [0.3, 0.4) is 0 Å². The highest BCUT2D eigenvalue weighted by molar-refractivity contribution is 5.74. The molecule has 1 aliphatic rings. The number of aliphatic carboxylic acids is 1. The van der Waals surface area contributed by atoms with E-state index < -0.39 is 12.0 Å². The largest absolute Gasteiger partial charge is 0.480 e. The van der Waals surface area contributed by atoms with Crippen molar-refractivity contribution in [2.24, 2.45) is 0 Å². The summed E-state index contributed by atoms with van der Waals surface area (Å²) >= 11 is 0. The molecule has 0 unspecified atom stereocenters. The minimum absolute atomic E-state index is 0.448. The van der Waals surface area contributed by atoms with E-state index in [2.05, 4.69) is 6.07 Å². The molecule has 1 fully saturated rings. The molecule has 4 nitrogen and oxygen atoms in total. The summed E-state index contributed by atoms with van der Waals surface area (Å²) in [6.07, 6.45) is 0.553. The Balaban J connectivity index is 2.08. The molecular formula is C14H19NO3. The summed E-state index contributed by atoms with van der Waals surface area (Å²) in [6, 6.07) is 7.59. The quantitative estimate of drug-likeness (QED) is 0.874. The number of benzene rings is 1. The van der Waals surface area contributed by atoms with E-state index in [1.54, 1.807) is 0 Å². The van der Waals surface area contributed by atoms with Crippen molar-refractivity contribution < 1.29 is 14.6 Å². The molecule has 1 saturated heterocycles. The van der Waals surface area contributed by atoms with Crippen molar-refractivity contribution in [3.05, 3.63) is 35.4 Å². The number of hydrogen-bond acceptors (Lipinski definition) is 3. The molecule has 2 rings (SSSR count). The predicted octanol–water partition coefficient (Wildman–Crippen LogP) is 1.32. The Labute approximate surface area is 107 Å². The number of carbonyl (C=O) groups is 1. The van der Waals surface area contributed by atoms with Gasteiger partial charge in [0.15, 0.2) is 0 Å². The van der Waals surface area contributed by atoms with E-state index in [0.29, 0.717) is 32.7 Å². The minimum Gasteiger partial charge on any atom is -0.480 e. The van der Waals surface area contributed by atoms with Crippen molar-refractivity contribution >= 4 is 5.97 Å². The van der Waals surface area contributed by atoms with E-state index in [4.69, 9.17) is 4.74 Å².